The number of aromatic amines is 1. The smallest absolute Gasteiger partial charge is 0.253 e. The Balaban J connectivity index is 1.52. The van der Waals surface area contributed by atoms with Crippen LogP contribution in [0.25, 0.3) is 10.9 Å². The van der Waals surface area contributed by atoms with Gasteiger partial charge in [0.1, 0.15) is 6.04 Å². The van der Waals surface area contributed by atoms with Crippen molar-refractivity contribution < 1.29 is 0 Å². The predicted octanol–water partition coefficient (Wildman–Crippen LogP) is 4.39. The lowest BCUT2D eigenvalue weighted by Crippen LogP contribution is -2.39. The number of tetrazole rings is 1. The van der Waals surface area contributed by atoms with Gasteiger partial charge in [-0.3, -0.25) is 9.69 Å². The van der Waals surface area contributed by atoms with E-state index in [0.717, 1.165) is 60.2 Å². The normalized spacial score (nSPS) is 17.8. The van der Waals surface area contributed by atoms with Crippen molar-refractivity contribution in [2.24, 2.45) is 0 Å². The molecular formula is C27H30N6O. The molecule has 0 amide bonds. The molecule has 1 aliphatic heterocycles. The highest BCUT2D eigenvalue weighted by atomic mass is 16.1. The lowest BCUT2D eigenvalue weighted by molar-refractivity contribution is 0.190. The van der Waals surface area contributed by atoms with E-state index in [1.807, 2.05) is 10.7 Å². The van der Waals surface area contributed by atoms with Gasteiger partial charge in [-0.05, 0) is 77.9 Å². The van der Waals surface area contributed by atoms with E-state index in [1.165, 1.54) is 24.0 Å². The zero-order chi connectivity index (χ0) is 23.2. The second-order valence-electron chi connectivity index (χ2n) is 9.91. The SMILES string of the molecule is Cc1cc(C)c2cc([C@H](c3nnnn3C3CCCC3)N3CCc4ccccc4C3)c(=O)[nH]c2c1. The molecule has 1 aliphatic carbocycles. The van der Waals surface area contributed by atoms with Gasteiger partial charge in [0.2, 0.25) is 0 Å². The molecule has 1 N–H and O–H groups in total. The molecule has 0 radical (unpaired) electrons. The van der Waals surface area contributed by atoms with Crippen molar-refractivity contribution in [2.45, 2.75) is 64.6 Å². The van der Waals surface area contributed by atoms with E-state index < -0.39 is 0 Å². The lowest BCUT2D eigenvalue weighted by Gasteiger charge is -2.35. The number of rotatable bonds is 4. The van der Waals surface area contributed by atoms with E-state index in [4.69, 9.17) is 0 Å². The number of fused-ring (bicyclic) bond motifs is 2. The first-order valence-electron chi connectivity index (χ1n) is 12.3. The number of aryl methyl sites for hydroxylation is 2. The lowest BCUT2D eigenvalue weighted by atomic mass is 9.95. The Bertz CT molecular complexity index is 1410. The molecule has 0 bridgehead atoms. The largest absolute Gasteiger partial charge is 0.322 e. The number of H-pyrrole nitrogens is 1. The first-order chi connectivity index (χ1) is 16.6. The highest BCUT2D eigenvalue weighted by Gasteiger charge is 2.34. The Morgan fingerprint density at radius 2 is 1.85 bits per heavy atom. The second kappa shape index (κ2) is 8.47. The van der Waals surface area contributed by atoms with Crippen LogP contribution in [0.15, 0.2) is 47.3 Å². The van der Waals surface area contributed by atoms with E-state index >= 15 is 0 Å². The summed E-state index contributed by atoms with van der Waals surface area (Å²) in [4.78, 5) is 19.1. The van der Waals surface area contributed by atoms with E-state index in [0.29, 0.717) is 11.6 Å². The quantitative estimate of drug-likeness (QED) is 0.495. The summed E-state index contributed by atoms with van der Waals surface area (Å²) in [5, 5.41) is 14.1. The second-order valence-corrected chi connectivity index (χ2v) is 9.91. The highest BCUT2D eigenvalue weighted by Crippen LogP contribution is 2.36. The molecule has 2 aliphatic rings. The van der Waals surface area contributed by atoms with Crippen LogP contribution in [0.4, 0.5) is 0 Å². The fourth-order valence-corrected chi connectivity index (χ4v) is 5.92. The van der Waals surface area contributed by atoms with Crippen LogP contribution in [-0.4, -0.2) is 36.6 Å². The molecule has 4 aromatic rings. The summed E-state index contributed by atoms with van der Waals surface area (Å²) < 4.78 is 2.00. The topological polar surface area (TPSA) is 79.7 Å². The monoisotopic (exact) mass is 454 g/mol. The molecule has 0 saturated heterocycles. The van der Waals surface area contributed by atoms with Gasteiger partial charge in [0.15, 0.2) is 5.82 Å². The van der Waals surface area contributed by atoms with Gasteiger partial charge < -0.3 is 4.98 Å². The van der Waals surface area contributed by atoms with Crippen LogP contribution in [0.5, 0.6) is 0 Å². The van der Waals surface area contributed by atoms with Crippen molar-refractivity contribution in [3.8, 4) is 0 Å². The summed E-state index contributed by atoms with van der Waals surface area (Å²) in [7, 11) is 0. The van der Waals surface area contributed by atoms with Crippen LogP contribution >= 0.6 is 0 Å². The third-order valence-corrected chi connectivity index (χ3v) is 7.59. The number of pyridine rings is 1. The minimum absolute atomic E-state index is 0.0673. The average molecular weight is 455 g/mol. The van der Waals surface area contributed by atoms with E-state index in [-0.39, 0.29) is 11.6 Å². The van der Waals surface area contributed by atoms with E-state index in [1.54, 1.807) is 0 Å². The minimum Gasteiger partial charge on any atom is -0.322 e. The van der Waals surface area contributed by atoms with Gasteiger partial charge in [-0.25, -0.2) is 4.68 Å². The number of nitrogens with one attached hydrogen (secondary N) is 1. The molecule has 174 valence electrons. The molecule has 2 aromatic heterocycles. The molecule has 0 unspecified atom stereocenters. The van der Waals surface area contributed by atoms with Crippen molar-refractivity contribution in [3.63, 3.8) is 0 Å². The van der Waals surface area contributed by atoms with E-state index in [2.05, 4.69) is 75.7 Å². The van der Waals surface area contributed by atoms with Crippen molar-refractivity contribution in [3.05, 3.63) is 86.5 Å². The standard InChI is InChI=1S/C27H30N6O/c1-17-13-18(2)22-15-23(27(34)28-24(22)14-17)25(26-29-30-31-33(26)21-9-5-6-10-21)32-12-11-19-7-3-4-8-20(19)16-32/h3-4,7-8,13-15,21,25H,5-6,9-12,16H2,1-2H3,(H,28,34)/t25-/m1/s1. The molecule has 1 atom stereocenters. The maximum absolute atomic E-state index is 13.6. The van der Waals surface area contributed by atoms with Crippen LogP contribution in [0.3, 0.4) is 0 Å². The van der Waals surface area contributed by atoms with Gasteiger partial charge in [0.25, 0.3) is 5.56 Å². The third-order valence-electron chi connectivity index (χ3n) is 7.59. The Morgan fingerprint density at radius 3 is 2.68 bits per heavy atom. The number of benzene rings is 2. The van der Waals surface area contributed by atoms with Gasteiger partial charge >= 0.3 is 0 Å². The van der Waals surface area contributed by atoms with Gasteiger partial charge in [-0.15, -0.1) is 5.10 Å². The summed E-state index contributed by atoms with van der Waals surface area (Å²) in [6, 6.07) is 14.9. The number of aromatic nitrogens is 5. The maximum Gasteiger partial charge on any atom is 0.253 e. The van der Waals surface area contributed by atoms with Crippen LogP contribution in [0.2, 0.25) is 0 Å². The van der Waals surface area contributed by atoms with Crippen molar-refractivity contribution in [1.82, 2.24) is 30.1 Å². The fraction of sp³-hybridized carbons (Fsp3) is 0.407. The number of nitrogens with zero attached hydrogens (tertiary/aromatic N) is 5. The van der Waals surface area contributed by atoms with Crippen LogP contribution in [0, 0.1) is 13.8 Å². The minimum atomic E-state index is -0.308. The molecule has 6 rings (SSSR count). The molecule has 3 heterocycles. The fourth-order valence-electron chi connectivity index (χ4n) is 5.92. The summed E-state index contributed by atoms with van der Waals surface area (Å²) in [6.45, 7) is 5.78. The molecule has 34 heavy (non-hydrogen) atoms. The highest BCUT2D eigenvalue weighted by molar-refractivity contribution is 5.83. The molecule has 1 saturated carbocycles. The summed E-state index contributed by atoms with van der Waals surface area (Å²) in [6.07, 6.45) is 5.50. The Labute approximate surface area is 198 Å². The van der Waals surface area contributed by atoms with Crippen LogP contribution in [-0.2, 0) is 13.0 Å². The summed E-state index contributed by atoms with van der Waals surface area (Å²) in [5.41, 5.74) is 6.52. The van der Waals surface area contributed by atoms with Crippen LogP contribution < -0.4 is 5.56 Å². The molecule has 7 heteroatoms. The molecular weight excluding hydrogens is 424 g/mol. The Hall–Kier alpha value is -3.32. The zero-order valence-corrected chi connectivity index (χ0v) is 19.8. The van der Waals surface area contributed by atoms with Gasteiger partial charge in [-0.2, -0.15) is 0 Å². The number of hydrogen-bond acceptors (Lipinski definition) is 5. The van der Waals surface area contributed by atoms with Crippen LogP contribution in [0.1, 0.15) is 71.4 Å². The predicted molar refractivity (Wildman–Crippen MR) is 132 cm³/mol. The first-order valence-corrected chi connectivity index (χ1v) is 12.3. The maximum atomic E-state index is 13.6. The average Bonchev–Trinajstić information content (AvgIpc) is 3.52. The summed E-state index contributed by atoms with van der Waals surface area (Å²) in [5.74, 6) is 0.779. The van der Waals surface area contributed by atoms with Gasteiger partial charge in [0, 0.05) is 29.6 Å². The molecule has 1 fully saturated rings. The summed E-state index contributed by atoms with van der Waals surface area (Å²) >= 11 is 0. The van der Waals surface area contributed by atoms with Gasteiger partial charge in [-0.1, -0.05) is 43.2 Å². The number of hydrogen-bond donors (Lipinski definition) is 1. The van der Waals surface area contributed by atoms with Crippen molar-refractivity contribution in [2.75, 3.05) is 6.54 Å². The van der Waals surface area contributed by atoms with Crippen molar-refractivity contribution >= 4 is 10.9 Å². The Morgan fingerprint density at radius 1 is 1.06 bits per heavy atom. The molecule has 2 aromatic carbocycles. The molecule has 7 nitrogen and oxygen atoms in total. The zero-order valence-electron chi connectivity index (χ0n) is 19.8. The van der Waals surface area contributed by atoms with E-state index in [9.17, 15) is 4.79 Å². The first kappa shape index (κ1) is 21.2. The van der Waals surface area contributed by atoms with Crippen molar-refractivity contribution in [1.29, 1.82) is 0 Å². The molecule has 0 spiro atoms. The Kier molecular flexibility index (Phi) is 5.29. The third kappa shape index (κ3) is 3.64. The van der Waals surface area contributed by atoms with Gasteiger partial charge in [0.05, 0.1) is 6.04 Å².